The first kappa shape index (κ1) is 23.4. The summed E-state index contributed by atoms with van der Waals surface area (Å²) in [5, 5.41) is 9.93. The van der Waals surface area contributed by atoms with Crippen molar-refractivity contribution in [1.29, 1.82) is 0 Å². The molecule has 4 nitrogen and oxygen atoms in total. The van der Waals surface area contributed by atoms with Crippen molar-refractivity contribution in [3.8, 4) is 5.75 Å². The summed E-state index contributed by atoms with van der Waals surface area (Å²) in [4.78, 5) is 18.3. The summed E-state index contributed by atoms with van der Waals surface area (Å²) in [5.74, 6) is 1.88. The number of aromatic hydroxyl groups is 1. The molecule has 1 saturated carbocycles. The summed E-state index contributed by atoms with van der Waals surface area (Å²) in [6.07, 6.45) is 11.9. The third kappa shape index (κ3) is 5.66. The van der Waals surface area contributed by atoms with E-state index in [1.165, 1.54) is 63.4 Å². The van der Waals surface area contributed by atoms with Gasteiger partial charge < -0.3 is 10.0 Å². The third-order valence-electron chi connectivity index (χ3n) is 8.61. The van der Waals surface area contributed by atoms with E-state index in [4.69, 9.17) is 0 Å². The lowest BCUT2D eigenvalue weighted by Gasteiger charge is -2.40. The van der Waals surface area contributed by atoms with Gasteiger partial charge in [-0.25, -0.2) is 0 Å². The normalized spacial score (nSPS) is 25.4. The lowest BCUT2D eigenvalue weighted by molar-refractivity contribution is -0.131. The summed E-state index contributed by atoms with van der Waals surface area (Å²) in [6, 6.07) is 19.3. The van der Waals surface area contributed by atoms with E-state index in [1.54, 1.807) is 6.07 Å². The highest BCUT2D eigenvalue weighted by molar-refractivity contribution is 5.78. The second-order valence-corrected chi connectivity index (χ2v) is 10.9. The third-order valence-corrected chi connectivity index (χ3v) is 8.61. The van der Waals surface area contributed by atoms with Crippen molar-refractivity contribution in [1.82, 2.24) is 9.80 Å². The lowest BCUT2D eigenvalue weighted by atomic mass is 9.85. The Morgan fingerprint density at radius 1 is 0.912 bits per heavy atom. The number of nitrogens with zero attached hydrogens (tertiary/aromatic N) is 2. The van der Waals surface area contributed by atoms with Gasteiger partial charge in [-0.05, 0) is 73.6 Å². The largest absolute Gasteiger partial charge is 0.508 e. The first-order chi connectivity index (χ1) is 16.7. The zero-order chi connectivity index (χ0) is 23.3. The van der Waals surface area contributed by atoms with Crippen LogP contribution in [0.1, 0.15) is 74.8 Å². The van der Waals surface area contributed by atoms with E-state index in [2.05, 4.69) is 28.0 Å². The monoisotopic (exact) mass is 460 g/mol. The van der Waals surface area contributed by atoms with Crippen molar-refractivity contribution < 1.29 is 9.90 Å². The molecule has 3 atom stereocenters. The van der Waals surface area contributed by atoms with E-state index < -0.39 is 0 Å². The van der Waals surface area contributed by atoms with Crippen molar-refractivity contribution in [2.24, 2.45) is 5.92 Å². The summed E-state index contributed by atoms with van der Waals surface area (Å²) in [5.41, 5.74) is 2.40. The van der Waals surface area contributed by atoms with Gasteiger partial charge in [-0.15, -0.1) is 0 Å². The molecule has 3 fully saturated rings. The minimum atomic E-state index is 0.291. The van der Waals surface area contributed by atoms with Crippen LogP contribution in [0.3, 0.4) is 0 Å². The van der Waals surface area contributed by atoms with Crippen molar-refractivity contribution in [2.45, 2.75) is 82.2 Å². The molecule has 2 aliphatic heterocycles. The van der Waals surface area contributed by atoms with Gasteiger partial charge in [-0.3, -0.25) is 9.69 Å². The number of benzene rings is 2. The summed E-state index contributed by atoms with van der Waals surface area (Å²) in [7, 11) is 0. The van der Waals surface area contributed by atoms with Gasteiger partial charge in [-0.1, -0.05) is 61.7 Å². The highest BCUT2D eigenvalue weighted by atomic mass is 16.3. The van der Waals surface area contributed by atoms with Gasteiger partial charge in [0.15, 0.2) is 0 Å². The molecule has 34 heavy (non-hydrogen) atoms. The number of carbonyl (C=O) groups excluding carboxylic acids is 1. The van der Waals surface area contributed by atoms with Crippen LogP contribution in [0.15, 0.2) is 54.6 Å². The molecule has 0 aromatic heterocycles. The van der Waals surface area contributed by atoms with Gasteiger partial charge in [0, 0.05) is 31.7 Å². The molecule has 1 aliphatic carbocycles. The van der Waals surface area contributed by atoms with Crippen LogP contribution in [0.2, 0.25) is 0 Å². The molecule has 1 N–H and O–H groups in total. The molecule has 2 saturated heterocycles. The van der Waals surface area contributed by atoms with Crippen LogP contribution in [0.4, 0.5) is 0 Å². The van der Waals surface area contributed by atoms with E-state index in [1.807, 2.05) is 30.3 Å². The van der Waals surface area contributed by atoms with E-state index in [9.17, 15) is 9.90 Å². The molecular formula is C30H40N2O2. The van der Waals surface area contributed by atoms with Crippen LogP contribution in [0.5, 0.6) is 5.75 Å². The maximum Gasteiger partial charge on any atom is 0.227 e. The number of phenolic OH excluding ortho intramolecular Hbond substituents is 1. The molecule has 0 spiro atoms. The number of rotatable bonds is 8. The number of piperidine rings is 1. The lowest BCUT2D eigenvalue weighted by Crippen LogP contribution is -2.48. The van der Waals surface area contributed by atoms with Gasteiger partial charge >= 0.3 is 0 Å². The molecule has 1 unspecified atom stereocenters. The number of carbonyl (C=O) groups is 1. The van der Waals surface area contributed by atoms with E-state index in [-0.39, 0.29) is 0 Å². The molecule has 2 heterocycles. The highest BCUT2D eigenvalue weighted by Crippen LogP contribution is 2.43. The van der Waals surface area contributed by atoms with Gasteiger partial charge in [0.1, 0.15) is 5.75 Å². The molecular weight excluding hydrogens is 420 g/mol. The minimum Gasteiger partial charge on any atom is -0.508 e. The smallest absolute Gasteiger partial charge is 0.227 e. The zero-order valence-corrected chi connectivity index (χ0v) is 20.4. The molecule has 0 radical (unpaired) electrons. The van der Waals surface area contributed by atoms with Gasteiger partial charge in [0.05, 0.1) is 6.42 Å². The van der Waals surface area contributed by atoms with Crippen molar-refractivity contribution in [2.75, 3.05) is 19.6 Å². The van der Waals surface area contributed by atoms with Crippen LogP contribution in [-0.2, 0) is 11.2 Å². The van der Waals surface area contributed by atoms with Crippen molar-refractivity contribution >= 4 is 5.91 Å². The summed E-state index contributed by atoms with van der Waals surface area (Å²) >= 11 is 0. The quantitative estimate of drug-likeness (QED) is 0.545. The molecule has 5 rings (SSSR count). The van der Waals surface area contributed by atoms with Crippen molar-refractivity contribution in [3.05, 3.63) is 65.7 Å². The predicted molar refractivity (Wildman–Crippen MR) is 137 cm³/mol. The zero-order valence-electron chi connectivity index (χ0n) is 20.4. The minimum absolute atomic E-state index is 0.291. The summed E-state index contributed by atoms with van der Waals surface area (Å²) in [6.45, 7) is 2.78. The number of phenols is 1. The molecule has 2 aromatic rings. The van der Waals surface area contributed by atoms with Crippen molar-refractivity contribution in [3.63, 3.8) is 0 Å². The number of hydrogen-bond acceptors (Lipinski definition) is 3. The van der Waals surface area contributed by atoms with Crippen LogP contribution in [0, 0.1) is 5.92 Å². The topological polar surface area (TPSA) is 43.8 Å². The van der Waals surface area contributed by atoms with Crippen LogP contribution in [0.25, 0.3) is 0 Å². The fourth-order valence-electron chi connectivity index (χ4n) is 6.81. The molecule has 2 bridgehead atoms. The average Bonchev–Trinajstić information content (AvgIpc) is 3.09. The summed E-state index contributed by atoms with van der Waals surface area (Å²) < 4.78 is 0. The highest BCUT2D eigenvalue weighted by Gasteiger charge is 2.41. The Kier molecular flexibility index (Phi) is 7.54. The van der Waals surface area contributed by atoms with Gasteiger partial charge in [0.25, 0.3) is 0 Å². The first-order valence-corrected chi connectivity index (χ1v) is 13.5. The standard InChI is InChI=1S/C30H40N2O2/c33-29-13-7-12-25(21-29)26-19-27-14-15-28(20-26)32(27)17-16-31(22-24-10-5-2-6-11-24)30(34)18-23-8-3-1-4-9-23/h1,3-4,7-9,12-13,21,24,26-28,33H,2,5-6,10-11,14-20,22H2/t26?,27-,28+. The molecule has 3 aliphatic rings. The maximum absolute atomic E-state index is 13.4. The van der Waals surface area contributed by atoms with Gasteiger partial charge in [0.2, 0.25) is 5.91 Å². The Hall–Kier alpha value is -2.33. The molecule has 182 valence electrons. The first-order valence-electron chi connectivity index (χ1n) is 13.5. The predicted octanol–water partition coefficient (Wildman–Crippen LogP) is 5.75. The maximum atomic E-state index is 13.4. The van der Waals surface area contributed by atoms with Crippen LogP contribution >= 0.6 is 0 Å². The van der Waals surface area contributed by atoms with E-state index >= 15 is 0 Å². The average molecular weight is 461 g/mol. The van der Waals surface area contributed by atoms with E-state index in [0.29, 0.717) is 42.0 Å². The SMILES string of the molecule is O=C(Cc1ccccc1)N(CCN1[C@@H]2CC[C@H]1CC(c1cccc(O)c1)C2)CC1CCCCC1. The Morgan fingerprint density at radius 3 is 2.35 bits per heavy atom. The number of amides is 1. The number of hydrogen-bond donors (Lipinski definition) is 1. The molecule has 4 heteroatoms. The van der Waals surface area contributed by atoms with E-state index in [0.717, 1.165) is 25.2 Å². The van der Waals surface area contributed by atoms with Crippen LogP contribution in [-0.4, -0.2) is 52.5 Å². The Balaban J connectivity index is 1.22. The molecule has 2 aromatic carbocycles. The second kappa shape index (κ2) is 10.9. The number of fused-ring (bicyclic) bond motifs is 2. The Labute approximate surface area is 205 Å². The van der Waals surface area contributed by atoms with Gasteiger partial charge in [-0.2, -0.15) is 0 Å². The fourth-order valence-corrected chi connectivity index (χ4v) is 6.81. The van der Waals surface area contributed by atoms with Crippen LogP contribution < -0.4 is 0 Å². The fraction of sp³-hybridized carbons (Fsp3) is 0.567. The molecule has 1 amide bonds. The Morgan fingerprint density at radius 2 is 1.65 bits per heavy atom. The second-order valence-electron chi connectivity index (χ2n) is 10.9. The Bertz CT molecular complexity index is 926.